The molecule has 2 aromatic rings. The Kier molecular flexibility index (Phi) is 8.73. The second-order valence-electron chi connectivity index (χ2n) is 8.20. The van der Waals surface area contributed by atoms with Crippen molar-refractivity contribution in [2.45, 2.75) is 44.1 Å². The first-order valence-corrected chi connectivity index (χ1v) is 11.5. The number of aliphatic hydroxyl groups excluding tert-OH is 1. The number of benzene rings is 2. The number of rotatable bonds is 8. The van der Waals surface area contributed by atoms with Crippen LogP contribution in [0.2, 0.25) is 10.0 Å². The van der Waals surface area contributed by atoms with Crippen molar-refractivity contribution in [1.29, 1.82) is 0 Å². The van der Waals surface area contributed by atoms with Crippen molar-refractivity contribution < 1.29 is 19.8 Å². The van der Waals surface area contributed by atoms with Gasteiger partial charge in [-0.25, -0.2) is 0 Å². The van der Waals surface area contributed by atoms with Crippen LogP contribution in [0.4, 0.5) is 5.69 Å². The zero-order chi connectivity index (χ0) is 24.8. The van der Waals surface area contributed by atoms with Gasteiger partial charge in [0.2, 0.25) is 5.91 Å². The second kappa shape index (κ2) is 11.5. The maximum absolute atomic E-state index is 12.6. The first-order chi connectivity index (χ1) is 16.1. The fourth-order valence-electron chi connectivity index (χ4n) is 3.93. The third-order valence-corrected chi connectivity index (χ3v) is 6.28. The molecule has 3 rings (SSSR count). The number of guanidine groups is 1. The molecule has 0 saturated heterocycles. The van der Waals surface area contributed by atoms with E-state index >= 15 is 0 Å². The van der Waals surface area contributed by atoms with Crippen LogP contribution in [-0.2, 0) is 11.2 Å². The lowest BCUT2D eigenvalue weighted by Crippen LogP contribution is -2.45. The Hall–Kier alpha value is -2.85. The lowest BCUT2D eigenvalue weighted by Gasteiger charge is -2.21. The maximum Gasteiger partial charge on any atom is 0.254 e. The van der Waals surface area contributed by atoms with Crippen LogP contribution in [0.25, 0.3) is 0 Å². The van der Waals surface area contributed by atoms with Crippen molar-refractivity contribution in [3.63, 3.8) is 0 Å². The average Bonchev–Trinajstić information content (AvgIpc) is 3.22. The van der Waals surface area contributed by atoms with E-state index < -0.39 is 18.2 Å². The average molecular weight is 508 g/mol. The number of carbonyl (C=O) groups excluding carboxylic acids is 2. The lowest BCUT2D eigenvalue weighted by molar-refractivity contribution is -0.119. The van der Waals surface area contributed by atoms with Crippen LogP contribution < -0.4 is 22.1 Å². The van der Waals surface area contributed by atoms with Crippen molar-refractivity contribution in [2.75, 3.05) is 5.32 Å². The summed E-state index contributed by atoms with van der Waals surface area (Å²) in [5, 5.41) is 25.3. The predicted molar refractivity (Wildman–Crippen MR) is 132 cm³/mol. The van der Waals surface area contributed by atoms with Crippen LogP contribution in [0.5, 0.6) is 0 Å². The summed E-state index contributed by atoms with van der Waals surface area (Å²) in [5.74, 6) is -0.866. The summed E-state index contributed by atoms with van der Waals surface area (Å²) in [6.45, 7) is 0. The smallest absolute Gasteiger partial charge is 0.254 e. The summed E-state index contributed by atoms with van der Waals surface area (Å²) in [7, 11) is 0. The molecule has 1 aliphatic rings. The van der Waals surface area contributed by atoms with Crippen molar-refractivity contribution in [3.05, 3.63) is 63.6 Å². The SMILES string of the molecule is NC(N)=N[C@H]1CC[C@H](C(=O)Nc2ccc(C[C@H](NC(=O)c3c(Cl)cccc3Cl)C(O)O)cc2)C1. The zero-order valence-corrected chi connectivity index (χ0v) is 19.8. The molecule has 0 unspecified atom stereocenters. The van der Waals surface area contributed by atoms with Crippen molar-refractivity contribution in [2.24, 2.45) is 22.4 Å². The molecule has 182 valence electrons. The normalized spacial score (nSPS) is 18.4. The van der Waals surface area contributed by atoms with E-state index in [2.05, 4.69) is 15.6 Å². The van der Waals surface area contributed by atoms with E-state index in [1.165, 1.54) is 12.1 Å². The number of carbonyl (C=O) groups is 2. The molecule has 3 atom stereocenters. The molecule has 9 nitrogen and oxygen atoms in total. The van der Waals surface area contributed by atoms with Gasteiger partial charge in [0.1, 0.15) is 0 Å². The van der Waals surface area contributed by atoms with Crippen molar-refractivity contribution in [1.82, 2.24) is 5.32 Å². The van der Waals surface area contributed by atoms with E-state index in [-0.39, 0.29) is 45.9 Å². The molecule has 0 radical (unpaired) electrons. The Morgan fingerprint density at radius 1 is 1.06 bits per heavy atom. The van der Waals surface area contributed by atoms with Gasteiger partial charge in [0, 0.05) is 11.6 Å². The van der Waals surface area contributed by atoms with E-state index in [0.717, 1.165) is 12.0 Å². The van der Waals surface area contributed by atoms with Crippen LogP contribution >= 0.6 is 23.2 Å². The van der Waals surface area contributed by atoms with Gasteiger partial charge in [0.05, 0.1) is 27.7 Å². The van der Waals surface area contributed by atoms with E-state index in [1.807, 2.05) is 0 Å². The maximum atomic E-state index is 12.6. The summed E-state index contributed by atoms with van der Waals surface area (Å²) in [6, 6.07) is 10.5. The van der Waals surface area contributed by atoms with Gasteiger partial charge >= 0.3 is 0 Å². The number of nitrogens with zero attached hydrogens (tertiary/aromatic N) is 1. The summed E-state index contributed by atoms with van der Waals surface area (Å²) in [4.78, 5) is 29.3. The van der Waals surface area contributed by atoms with Crippen molar-refractivity contribution >= 4 is 46.7 Å². The van der Waals surface area contributed by atoms with Gasteiger partial charge in [-0.05, 0) is 55.5 Å². The molecular weight excluding hydrogens is 481 g/mol. The second-order valence-corrected chi connectivity index (χ2v) is 9.01. The van der Waals surface area contributed by atoms with Crippen LogP contribution in [0, 0.1) is 5.92 Å². The van der Waals surface area contributed by atoms with Gasteiger partial charge in [-0.3, -0.25) is 14.6 Å². The number of aliphatic hydroxyl groups is 2. The first kappa shape index (κ1) is 25.8. The highest BCUT2D eigenvalue weighted by molar-refractivity contribution is 6.39. The molecule has 2 aromatic carbocycles. The monoisotopic (exact) mass is 507 g/mol. The Morgan fingerprint density at radius 2 is 1.71 bits per heavy atom. The minimum atomic E-state index is -1.81. The quantitative estimate of drug-likeness (QED) is 0.182. The largest absolute Gasteiger partial charge is 0.370 e. The summed E-state index contributed by atoms with van der Waals surface area (Å²) < 4.78 is 0. The third-order valence-electron chi connectivity index (χ3n) is 5.65. The van der Waals surface area contributed by atoms with Gasteiger partial charge in [-0.1, -0.05) is 41.4 Å². The molecule has 2 amide bonds. The van der Waals surface area contributed by atoms with Gasteiger partial charge in [-0.15, -0.1) is 0 Å². The van der Waals surface area contributed by atoms with Gasteiger partial charge in [0.25, 0.3) is 5.91 Å². The summed E-state index contributed by atoms with van der Waals surface area (Å²) >= 11 is 12.1. The fraction of sp³-hybridized carbons (Fsp3) is 0.348. The number of nitrogens with two attached hydrogens (primary N) is 2. The minimum absolute atomic E-state index is 0.0269. The van der Waals surface area contributed by atoms with E-state index in [4.69, 9.17) is 34.7 Å². The molecular formula is C23H27Cl2N5O4. The Labute approximate surface area is 207 Å². The van der Waals surface area contributed by atoms with Crippen LogP contribution in [-0.4, -0.2) is 46.4 Å². The topological polar surface area (TPSA) is 163 Å². The molecule has 34 heavy (non-hydrogen) atoms. The van der Waals surface area contributed by atoms with E-state index in [1.54, 1.807) is 30.3 Å². The van der Waals surface area contributed by atoms with E-state index in [9.17, 15) is 19.8 Å². The van der Waals surface area contributed by atoms with Gasteiger partial charge in [-0.2, -0.15) is 0 Å². The molecule has 1 fully saturated rings. The highest BCUT2D eigenvalue weighted by Crippen LogP contribution is 2.29. The number of halogens is 2. The number of aliphatic imine (C=N–C) groups is 1. The van der Waals surface area contributed by atoms with Crippen molar-refractivity contribution in [3.8, 4) is 0 Å². The zero-order valence-electron chi connectivity index (χ0n) is 18.2. The third kappa shape index (κ3) is 6.83. The summed E-state index contributed by atoms with van der Waals surface area (Å²) in [5.41, 5.74) is 12.2. The minimum Gasteiger partial charge on any atom is -0.370 e. The molecule has 1 aliphatic carbocycles. The molecule has 8 N–H and O–H groups in total. The number of nitrogens with one attached hydrogen (secondary N) is 2. The number of anilines is 1. The number of hydrogen-bond acceptors (Lipinski definition) is 5. The van der Waals surface area contributed by atoms with E-state index in [0.29, 0.717) is 18.5 Å². The standard InChI is InChI=1S/C23H27Cl2N5O4/c24-16-2-1-3-17(25)19(16)21(32)30-18(22(33)34)10-12-4-7-14(8-5-12)28-20(31)13-6-9-15(11-13)29-23(26)27/h1-5,7-8,13,15,18,22,33-34H,6,9-11H2,(H,28,31)(H,30,32)(H4,26,27,29)/t13-,15-,18-/m0/s1. The Bertz CT molecular complexity index is 1040. The van der Waals surface area contributed by atoms with Crippen LogP contribution in [0.3, 0.4) is 0 Å². The highest BCUT2D eigenvalue weighted by atomic mass is 35.5. The Balaban J connectivity index is 1.59. The highest BCUT2D eigenvalue weighted by Gasteiger charge is 2.30. The molecule has 0 aliphatic heterocycles. The Morgan fingerprint density at radius 3 is 2.29 bits per heavy atom. The number of amides is 2. The van der Waals surface area contributed by atoms with Gasteiger partial charge in [0.15, 0.2) is 12.2 Å². The van der Waals surface area contributed by atoms with Crippen LogP contribution in [0.15, 0.2) is 47.5 Å². The summed E-state index contributed by atoms with van der Waals surface area (Å²) in [6.07, 6.45) is 0.363. The molecule has 1 saturated carbocycles. The predicted octanol–water partition coefficient (Wildman–Crippen LogP) is 2.03. The van der Waals surface area contributed by atoms with Gasteiger partial charge < -0.3 is 32.3 Å². The first-order valence-electron chi connectivity index (χ1n) is 10.7. The van der Waals surface area contributed by atoms with Crippen LogP contribution in [0.1, 0.15) is 35.2 Å². The molecule has 11 heteroatoms. The molecule has 0 spiro atoms. The lowest BCUT2D eigenvalue weighted by atomic mass is 10.0. The fourth-order valence-corrected chi connectivity index (χ4v) is 4.50. The molecule has 0 bridgehead atoms. The molecule has 0 aromatic heterocycles. The number of hydrogen-bond donors (Lipinski definition) is 6. The molecule has 0 heterocycles.